The summed E-state index contributed by atoms with van der Waals surface area (Å²) in [5.74, 6) is 0. The highest BCUT2D eigenvalue weighted by Crippen LogP contribution is 2.53. The van der Waals surface area contributed by atoms with Crippen LogP contribution in [0, 0.1) is 44.0 Å². The molecule has 380 valence electrons. The van der Waals surface area contributed by atoms with Crippen LogP contribution >= 0.6 is 0 Å². The molecule has 0 radical (unpaired) electrons. The maximum atomic E-state index is 15.4. The fourth-order valence-corrected chi connectivity index (χ4v) is 12.1. The summed E-state index contributed by atoms with van der Waals surface area (Å²) in [6.07, 6.45) is 10.2. The van der Waals surface area contributed by atoms with Gasteiger partial charge in [0.1, 0.15) is 6.61 Å². The van der Waals surface area contributed by atoms with Gasteiger partial charge in [-0.25, -0.2) is 80.5 Å². The van der Waals surface area contributed by atoms with Gasteiger partial charge >= 0.3 is 34.1 Å². The van der Waals surface area contributed by atoms with E-state index in [1.54, 1.807) is 18.4 Å². The van der Waals surface area contributed by atoms with Crippen LogP contribution in [0.3, 0.4) is 0 Å². The first-order valence-corrected chi connectivity index (χ1v) is 24.2. The second kappa shape index (κ2) is 19.4. The molecule has 7 rings (SSSR count). The second-order valence-electron chi connectivity index (χ2n) is 23.5. The number of carbonyl (C=O) groups excluding carboxylic acids is 3. The maximum absolute atomic E-state index is 15.4. The van der Waals surface area contributed by atoms with Gasteiger partial charge in [0.05, 0.1) is 35.8 Å². The molecule has 0 N–H and O–H groups in total. The molecule has 72 heavy (non-hydrogen) atoms. The van der Waals surface area contributed by atoms with Gasteiger partial charge in [-0.05, 0) is 121 Å². The van der Waals surface area contributed by atoms with Crippen LogP contribution in [0.1, 0.15) is 138 Å². The molecule has 2 aromatic heterocycles. The van der Waals surface area contributed by atoms with Gasteiger partial charge in [-0.2, -0.15) is 10.3 Å². The Balaban J connectivity index is 1.54. The zero-order chi connectivity index (χ0) is 52.8. The number of hydrogen-bond acceptors (Lipinski definition) is 14. The molecule has 6 atom stereocenters. The molecule has 3 saturated carbocycles. The van der Waals surface area contributed by atoms with Crippen molar-refractivity contribution in [1.29, 1.82) is 5.26 Å². The Kier molecular flexibility index (Phi) is 14.1. The topological polar surface area (TPSA) is 253 Å². The summed E-state index contributed by atoms with van der Waals surface area (Å²) < 4.78 is 10.9. The number of rotatable bonds is 13. The molecule has 0 bridgehead atoms. The number of hydrogen-bond donors (Lipinski definition) is 0. The van der Waals surface area contributed by atoms with Gasteiger partial charge in [-0.1, -0.05) is 74.4 Å². The molecule has 2 aromatic carbocycles. The first-order valence-electron chi connectivity index (χ1n) is 24.2. The predicted octanol–water partition coefficient (Wildman–Crippen LogP) is 6.03. The Labute approximate surface area is 414 Å². The van der Waals surface area contributed by atoms with E-state index in [0.29, 0.717) is 38.5 Å². The van der Waals surface area contributed by atoms with Crippen molar-refractivity contribution in [3.8, 4) is 23.3 Å². The Morgan fingerprint density at radius 3 is 1.57 bits per heavy atom. The maximum Gasteiger partial charge on any atom is 0.345 e. The fourth-order valence-electron chi connectivity index (χ4n) is 12.1. The Hall–Kier alpha value is -7.31. The minimum atomic E-state index is -1.12. The van der Waals surface area contributed by atoms with Gasteiger partial charge < -0.3 is 4.74 Å². The summed E-state index contributed by atoms with van der Waals surface area (Å²) in [5.41, 5.74) is -9.98. The van der Waals surface area contributed by atoms with E-state index >= 15 is 24.0 Å². The van der Waals surface area contributed by atoms with E-state index in [0.717, 1.165) is 27.4 Å². The van der Waals surface area contributed by atoms with Crippen LogP contribution in [0.15, 0.2) is 92.3 Å². The molecule has 4 aromatic rings. The van der Waals surface area contributed by atoms with Gasteiger partial charge in [0.25, 0.3) is 6.26 Å². The van der Waals surface area contributed by atoms with Crippen molar-refractivity contribution in [3.63, 3.8) is 0 Å². The van der Waals surface area contributed by atoms with E-state index in [9.17, 15) is 24.4 Å². The van der Waals surface area contributed by atoms with Gasteiger partial charge in [-0.15, -0.1) is 0 Å². The molecule has 20 heteroatoms. The number of isocyanates is 3. The molecular weight excluding hydrogens is 925 g/mol. The third-order valence-corrected chi connectivity index (χ3v) is 15.9. The lowest BCUT2D eigenvalue weighted by atomic mass is 9.62. The molecule has 3 fully saturated rings. The van der Waals surface area contributed by atoms with Crippen LogP contribution in [-0.4, -0.2) is 65.3 Å². The quantitative estimate of drug-likeness (QED) is 0.0849. The number of ether oxygens (including phenoxy) is 1. The van der Waals surface area contributed by atoms with Crippen LogP contribution in [0.25, 0.3) is 17.1 Å². The Morgan fingerprint density at radius 2 is 1.03 bits per heavy atom. The van der Waals surface area contributed by atoms with Gasteiger partial charge in [0.2, 0.25) is 18.2 Å². The molecule has 2 heterocycles. The molecule has 6 unspecified atom stereocenters. The van der Waals surface area contributed by atoms with Crippen molar-refractivity contribution in [1.82, 2.24) is 27.4 Å². The smallest absolute Gasteiger partial charge is 0.345 e. The summed E-state index contributed by atoms with van der Waals surface area (Å²) >= 11 is 0. The minimum absolute atomic E-state index is 0.00904. The average Bonchev–Trinajstić information content (AvgIpc) is 3.29. The highest BCUT2D eigenvalue weighted by Gasteiger charge is 2.48. The van der Waals surface area contributed by atoms with Crippen molar-refractivity contribution in [2.75, 3.05) is 19.7 Å². The van der Waals surface area contributed by atoms with Crippen molar-refractivity contribution in [3.05, 3.63) is 111 Å². The van der Waals surface area contributed by atoms with Crippen molar-refractivity contribution < 1.29 is 19.1 Å². The van der Waals surface area contributed by atoms with E-state index in [-0.39, 0.29) is 61.7 Å². The lowest BCUT2D eigenvalue weighted by Crippen LogP contribution is -2.59. The highest BCUT2D eigenvalue weighted by molar-refractivity contribution is 5.53. The van der Waals surface area contributed by atoms with Gasteiger partial charge in [-0.3, -0.25) is 0 Å². The fraction of sp³-hybridized carbons (Fsp3) is 0.577. The SMILES string of the molecule is CC1(C)CC(n2c(=O)n(-c3cccc(-n4c(=O)n(-c5cccc(N=C=O)c5)c(=O)n(C5CC(C)(COC#N)CCC5(C)C)c4=O)c3)c(=O)n(C3CC(C)(CN=C=O)CCC3(C)C)c2=O)CC(C)(CN=C=O)C1. The number of nitriles is 1. The molecule has 0 aliphatic heterocycles. The standard InChI is InChI=1S/C52H62N10O10/c1-47(2)22-38(23-52(9,26-47)28-55-32-64)60-42(67)59(45(70)61(46(60)71)39-24-50(7,27-54-31-63)18-16-48(39,3)4)37-15-11-14-36(21-37)58-41(66)57(35-13-10-12-34(20-35)56-33-65)43(68)62(44(58)69)40-25-51(8,29-72-30-53)19-17-49(40,5)6/h10-15,20-21,38-40H,16-19,22-29H2,1-9H3. The summed E-state index contributed by atoms with van der Waals surface area (Å²) in [4.78, 5) is 137. The monoisotopic (exact) mass is 986 g/mol. The van der Waals surface area contributed by atoms with Crippen molar-refractivity contribution >= 4 is 23.9 Å². The van der Waals surface area contributed by atoms with E-state index < -0.39 is 84.8 Å². The molecular formula is C52H62N10O10. The second-order valence-corrected chi connectivity index (χ2v) is 23.5. The third kappa shape index (κ3) is 9.97. The molecule has 3 aliphatic carbocycles. The number of nitrogens with zero attached hydrogens (tertiary/aromatic N) is 10. The number of aliphatic imine (C=N–C) groups is 3. The van der Waals surface area contributed by atoms with Crippen LogP contribution in [0.5, 0.6) is 0 Å². The zero-order valence-electron chi connectivity index (χ0n) is 42.4. The van der Waals surface area contributed by atoms with Crippen LogP contribution in [0.4, 0.5) is 5.69 Å². The summed E-state index contributed by atoms with van der Waals surface area (Å²) in [5, 5.41) is 9.32. The summed E-state index contributed by atoms with van der Waals surface area (Å²) in [6.45, 7) is 17.6. The first kappa shape index (κ1) is 52.5. The number of benzene rings is 2. The lowest BCUT2D eigenvalue weighted by molar-refractivity contribution is 0.00717. The minimum Gasteiger partial charge on any atom is -0.427 e. The van der Waals surface area contributed by atoms with Crippen LogP contribution in [0.2, 0.25) is 0 Å². The normalized spacial score (nSPS) is 26.2. The Bertz CT molecular complexity index is 3380. The largest absolute Gasteiger partial charge is 0.427 e. The molecule has 0 amide bonds. The van der Waals surface area contributed by atoms with Gasteiger partial charge in [0, 0.05) is 23.5 Å². The van der Waals surface area contributed by atoms with Crippen molar-refractivity contribution in [2.45, 2.75) is 138 Å². The summed E-state index contributed by atoms with van der Waals surface area (Å²) in [7, 11) is 0. The first-order chi connectivity index (χ1) is 33.8. The van der Waals surface area contributed by atoms with E-state index in [2.05, 4.69) is 15.0 Å². The predicted molar refractivity (Wildman–Crippen MR) is 266 cm³/mol. The molecule has 20 nitrogen and oxygen atoms in total. The third-order valence-electron chi connectivity index (χ3n) is 15.9. The summed E-state index contributed by atoms with van der Waals surface area (Å²) in [6, 6.07) is 8.84. The van der Waals surface area contributed by atoms with E-state index in [1.165, 1.54) is 54.6 Å². The van der Waals surface area contributed by atoms with Crippen LogP contribution < -0.4 is 34.1 Å². The highest BCUT2D eigenvalue weighted by atomic mass is 16.5. The molecule has 3 aliphatic rings. The van der Waals surface area contributed by atoms with E-state index in [4.69, 9.17) is 4.74 Å². The number of aromatic nitrogens is 6. The van der Waals surface area contributed by atoms with Crippen LogP contribution in [-0.2, 0) is 19.1 Å². The van der Waals surface area contributed by atoms with Gasteiger partial charge in [0.15, 0.2) is 0 Å². The molecule has 0 saturated heterocycles. The zero-order valence-corrected chi connectivity index (χ0v) is 42.4. The molecule has 0 spiro atoms. The Morgan fingerprint density at radius 1 is 0.556 bits per heavy atom. The van der Waals surface area contributed by atoms with Crippen molar-refractivity contribution in [2.24, 2.45) is 47.5 Å². The lowest BCUT2D eigenvalue weighted by Gasteiger charge is -2.48. The van der Waals surface area contributed by atoms with E-state index in [1.807, 2.05) is 62.3 Å². The average molecular weight is 987 g/mol.